The topological polar surface area (TPSA) is 9.23 Å². The smallest absolute Gasteiger partial charge is 0.150 e. The number of rotatable bonds is 3. The van der Waals surface area contributed by atoms with Gasteiger partial charge >= 0.3 is 0 Å². The zero-order chi connectivity index (χ0) is 8.97. The van der Waals surface area contributed by atoms with Gasteiger partial charge in [-0.05, 0) is 47.0 Å². The van der Waals surface area contributed by atoms with Gasteiger partial charge in [-0.25, -0.2) is 0 Å². The second-order valence-electron chi connectivity index (χ2n) is 2.66. The van der Waals surface area contributed by atoms with Gasteiger partial charge in [0.1, 0.15) is 5.75 Å². The highest BCUT2D eigenvalue weighted by atomic mass is 79.9. The Labute approximate surface area is 81.9 Å². The van der Waals surface area contributed by atoms with Crippen molar-refractivity contribution >= 4 is 15.9 Å². The summed E-state index contributed by atoms with van der Waals surface area (Å²) in [6.45, 7) is 4.09. The monoisotopic (exact) mass is 228 g/mol. The summed E-state index contributed by atoms with van der Waals surface area (Å²) in [5, 5.41) is 0.0737. The molecule has 0 aliphatic carbocycles. The van der Waals surface area contributed by atoms with Gasteiger partial charge in [0.25, 0.3) is 0 Å². The maximum absolute atomic E-state index is 5.47. The van der Waals surface area contributed by atoms with Gasteiger partial charge in [-0.15, -0.1) is 0 Å². The van der Waals surface area contributed by atoms with Gasteiger partial charge in [-0.1, -0.05) is 19.1 Å². The van der Waals surface area contributed by atoms with Gasteiger partial charge in [0.15, 0.2) is 5.01 Å². The molecule has 0 saturated heterocycles. The maximum atomic E-state index is 5.47. The van der Waals surface area contributed by atoms with Crippen LogP contribution in [0.25, 0.3) is 0 Å². The molecule has 0 aliphatic rings. The molecule has 1 rings (SSSR count). The molecule has 1 nitrogen and oxygen atoms in total. The normalized spacial score (nSPS) is 12.6. The van der Waals surface area contributed by atoms with Crippen LogP contribution < -0.4 is 4.74 Å². The number of aryl methyl sites for hydroxylation is 1. The summed E-state index contributed by atoms with van der Waals surface area (Å²) in [7, 11) is 0. The molecule has 0 N–H and O–H groups in total. The van der Waals surface area contributed by atoms with Crippen molar-refractivity contribution in [2.24, 2.45) is 0 Å². The first kappa shape index (κ1) is 9.59. The Morgan fingerprint density at radius 2 is 2.25 bits per heavy atom. The number of benzene rings is 1. The Morgan fingerprint density at radius 1 is 1.50 bits per heavy atom. The number of ether oxygens (including phenoxy) is 1. The highest BCUT2D eigenvalue weighted by Crippen LogP contribution is 2.16. The Hall–Kier alpha value is -0.500. The SMILES string of the molecule is CCc1cccc(OC(C)Br)c1. The summed E-state index contributed by atoms with van der Waals surface area (Å²) >= 11 is 3.34. The van der Waals surface area contributed by atoms with Crippen LogP contribution in [-0.2, 0) is 6.42 Å². The molecule has 0 heterocycles. The van der Waals surface area contributed by atoms with Crippen molar-refractivity contribution in [3.8, 4) is 5.75 Å². The van der Waals surface area contributed by atoms with Gasteiger partial charge in [-0.2, -0.15) is 0 Å². The van der Waals surface area contributed by atoms with Crippen LogP contribution >= 0.6 is 15.9 Å². The zero-order valence-corrected chi connectivity index (χ0v) is 8.97. The van der Waals surface area contributed by atoms with Crippen LogP contribution in [0.15, 0.2) is 24.3 Å². The summed E-state index contributed by atoms with van der Waals surface area (Å²) in [5.74, 6) is 0.929. The van der Waals surface area contributed by atoms with Gasteiger partial charge in [0, 0.05) is 0 Å². The maximum Gasteiger partial charge on any atom is 0.150 e. The Bertz CT molecular complexity index is 245. The van der Waals surface area contributed by atoms with Crippen LogP contribution in [0.1, 0.15) is 19.4 Å². The zero-order valence-electron chi connectivity index (χ0n) is 7.38. The van der Waals surface area contributed by atoms with Crippen LogP contribution in [-0.4, -0.2) is 5.01 Å². The second-order valence-corrected chi connectivity index (χ2v) is 3.95. The number of alkyl halides is 1. The van der Waals surface area contributed by atoms with Gasteiger partial charge < -0.3 is 4.74 Å². The third-order valence-electron chi connectivity index (χ3n) is 1.61. The van der Waals surface area contributed by atoms with Gasteiger partial charge in [0.05, 0.1) is 0 Å². The van der Waals surface area contributed by atoms with E-state index < -0.39 is 0 Å². The highest BCUT2D eigenvalue weighted by Gasteiger charge is 1.98. The van der Waals surface area contributed by atoms with Crippen LogP contribution in [0.4, 0.5) is 0 Å². The fourth-order valence-corrected chi connectivity index (χ4v) is 1.24. The molecule has 0 aliphatic heterocycles. The molecule has 0 aromatic heterocycles. The van der Waals surface area contributed by atoms with E-state index in [0.717, 1.165) is 12.2 Å². The first-order valence-corrected chi connectivity index (χ1v) is 5.03. The fraction of sp³-hybridized carbons (Fsp3) is 0.400. The number of halogens is 1. The third kappa shape index (κ3) is 2.86. The summed E-state index contributed by atoms with van der Waals surface area (Å²) in [6, 6.07) is 8.16. The highest BCUT2D eigenvalue weighted by molar-refractivity contribution is 9.09. The molecule has 0 spiro atoms. The first-order chi connectivity index (χ1) is 5.72. The molecule has 1 unspecified atom stereocenters. The van der Waals surface area contributed by atoms with Crippen LogP contribution in [0.3, 0.4) is 0 Å². The first-order valence-electron chi connectivity index (χ1n) is 4.12. The van der Waals surface area contributed by atoms with Crippen molar-refractivity contribution in [3.63, 3.8) is 0 Å². The van der Waals surface area contributed by atoms with Crippen LogP contribution in [0, 0.1) is 0 Å². The number of hydrogen-bond acceptors (Lipinski definition) is 1. The quantitative estimate of drug-likeness (QED) is 0.722. The second kappa shape index (κ2) is 4.51. The van der Waals surface area contributed by atoms with Crippen molar-refractivity contribution in [2.45, 2.75) is 25.3 Å². The van der Waals surface area contributed by atoms with E-state index in [1.165, 1.54) is 5.56 Å². The van der Waals surface area contributed by atoms with Crippen molar-refractivity contribution in [1.82, 2.24) is 0 Å². The molecule has 1 atom stereocenters. The summed E-state index contributed by atoms with van der Waals surface area (Å²) < 4.78 is 5.47. The van der Waals surface area contributed by atoms with Crippen LogP contribution in [0.2, 0.25) is 0 Å². The van der Waals surface area contributed by atoms with Crippen LogP contribution in [0.5, 0.6) is 5.75 Å². The molecular formula is C10H13BrO. The largest absolute Gasteiger partial charge is 0.480 e. The molecule has 0 saturated carbocycles. The van der Waals surface area contributed by atoms with E-state index in [9.17, 15) is 0 Å². The predicted octanol–water partition coefficient (Wildman–Crippen LogP) is 3.37. The minimum absolute atomic E-state index is 0.0737. The molecule has 0 bridgehead atoms. The molecule has 2 heteroatoms. The van der Waals surface area contributed by atoms with Gasteiger partial charge in [-0.3, -0.25) is 0 Å². The van der Waals surface area contributed by atoms with Crippen molar-refractivity contribution in [1.29, 1.82) is 0 Å². The summed E-state index contributed by atoms with van der Waals surface area (Å²) in [5.41, 5.74) is 1.31. The molecule has 66 valence electrons. The average molecular weight is 229 g/mol. The Balaban J connectivity index is 2.72. The fourth-order valence-electron chi connectivity index (χ4n) is 1.03. The predicted molar refractivity (Wildman–Crippen MR) is 54.8 cm³/mol. The molecule has 1 aromatic carbocycles. The molecule has 0 radical (unpaired) electrons. The summed E-state index contributed by atoms with van der Waals surface area (Å²) in [6.07, 6.45) is 1.05. The van der Waals surface area contributed by atoms with E-state index in [1.54, 1.807) is 0 Å². The number of hydrogen-bond donors (Lipinski definition) is 0. The van der Waals surface area contributed by atoms with E-state index in [-0.39, 0.29) is 5.01 Å². The minimum Gasteiger partial charge on any atom is -0.480 e. The summed E-state index contributed by atoms with van der Waals surface area (Å²) in [4.78, 5) is 0. The lowest BCUT2D eigenvalue weighted by Gasteiger charge is -2.08. The van der Waals surface area contributed by atoms with E-state index in [2.05, 4.69) is 35.0 Å². The third-order valence-corrected chi connectivity index (χ3v) is 1.79. The lowest BCUT2D eigenvalue weighted by molar-refractivity contribution is 0.314. The van der Waals surface area contributed by atoms with Gasteiger partial charge in [0.2, 0.25) is 0 Å². The standard InChI is InChI=1S/C10H13BrO/c1-3-9-5-4-6-10(7-9)12-8(2)11/h4-8H,3H2,1-2H3. The van der Waals surface area contributed by atoms with E-state index in [0.29, 0.717) is 0 Å². The van der Waals surface area contributed by atoms with E-state index in [4.69, 9.17) is 4.74 Å². The molecule has 12 heavy (non-hydrogen) atoms. The minimum atomic E-state index is 0.0737. The van der Waals surface area contributed by atoms with Crippen molar-refractivity contribution in [2.75, 3.05) is 0 Å². The Morgan fingerprint density at radius 3 is 2.83 bits per heavy atom. The lowest BCUT2D eigenvalue weighted by Crippen LogP contribution is -2.01. The van der Waals surface area contributed by atoms with Crippen molar-refractivity contribution in [3.05, 3.63) is 29.8 Å². The Kier molecular flexibility index (Phi) is 3.60. The lowest BCUT2D eigenvalue weighted by atomic mass is 10.2. The van der Waals surface area contributed by atoms with E-state index >= 15 is 0 Å². The molecule has 1 aromatic rings. The van der Waals surface area contributed by atoms with Crippen molar-refractivity contribution < 1.29 is 4.74 Å². The van der Waals surface area contributed by atoms with E-state index in [1.807, 2.05) is 19.1 Å². The molecule has 0 amide bonds. The molecular weight excluding hydrogens is 216 g/mol. The average Bonchev–Trinajstić information content (AvgIpc) is 2.03. The molecule has 0 fully saturated rings.